The fraction of sp³-hybridized carbons (Fsp3) is 0.250. The molecule has 2 rings (SSSR count). The van der Waals surface area contributed by atoms with E-state index in [4.69, 9.17) is 16.3 Å². The van der Waals surface area contributed by atoms with Gasteiger partial charge in [0.25, 0.3) is 0 Å². The second kappa shape index (κ2) is 4.18. The van der Waals surface area contributed by atoms with Crippen LogP contribution in [0, 0.1) is 6.92 Å². The van der Waals surface area contributed by atoms with Crippen LogP contribution in [-0.4, -0.2) is 16.9 Å². The first-order valence-electron chi connectivity index (χ1n) is 4.97. The number of nitrogens with zero attached hydrogens (tertiary/aromatic N) is 2. The predicted molar refractivity (Wildman–Crippen MR) is 64.9 cm³/mol. The van der Waals surface area contributed by atoms with Gasteiger partial charge in [-0.05, 0) is 19.1 Å². The lowest BCUT2D eigenvalue weighted by Crippen LogP contribution is -1.92. The van der Waals surface area contributed by atoms with Crippen LogP contribution in [0.15, 0.2) is 24.3 Å². The van der Waals surface area contributed by atoms with Gasteiger partial charge in [-0.2, -0.15) is 5.10 Å². The molecular formula is C12H13ClN2O. The molecule has 0 saturated heterocycles. The van der Waals surface area contributed by atoms with Gasteiger partial charge in [-0.1, -0.05) is 23.7 Å². The number of aryl methyl sites for hydroxylation is 1. The zero-order valence-electron chi connectivity index (χ0n) is 9.49. The molecule has 4 heteroatoms. The fourth-order valence-electron chi connectivity index (χ4n) is 1.54. The average Bonchev–Trinajstić information content (AvgIpc) is 2.57. The van der Waals surface area contributed by atoms with Gasteiger partial charge >= 0.3 is 0 Å². The minimum absolute atomic E-state index is 0.691. The summed E-state index contributed by atoms with van der Waals surface area (Å²) in [6.45, 7) is 1.94. The molecule has 1 aromatic heterocycles. The second-order valence-electron chi connectivity index (χ2n) is 3.60. The topological polar surface area (TPSA) is 27.1 Å². The van der Waals surface area contributed by atoms with Gasteiger partial charge in [0.1, 0.15) is 11.4 Å². The third-order valence-corrected chi connectivity index (χ3v) is 3.06. The van der Waals surface area contributed by atoms with E-state index >= 15 is 0 Å². The summed E-state index contributed by atoms with van der Waals surface area (Å²) in [7, 11) is 3.52. The first kappa shape index (κ1) is 11.0. The minimum Gasteiger partial charge on any atom is -0.497 e. The molecule has 0 bridgehead atoms. The molecule has 1 heterocycles. The van der Waals surface area contributed by atoms with E-state index in [1.807, 2.05) is 38.2 Å². The third kappa shape index (κ3) is 1.78. The summed E-state index contributed by atoms with van der Waals surface area (Å²) < 4.78 is 6.95. The molecule has 3 nitrogen and oxygen atoms in total. The number of rotatable bonds is 2. The Morgan fingerprint density at radius 2 is 2.12 bits per heavy atom. The highest BCUT2D eigenvalue weighted by molar-refractivity contribution is 6.33. The van der Waals surface area contributed by atoms with Crippen LogP contribution in [0.3, 0.4) is 0 Å². The SMILES string of the molecule is COc1cccc(-c2nn(C)c(C)c2Cl)c1. The van der Waals surface area contributed by atoms with Gasteiger partial charge in [0.15, 0.2) is 0 Å². The molecule has 0 fully saturated rings. The molecule has 0 spiro atoms. The van der Waals surface area contributed by atoms with E-state index in [0.717, 1.165) is 22.7 Å². The zero-order valence-corrected chi connectivity index (χ0v) is 10.2. The number of hydrogen-bond acceptors (Lipinski definition) is 2. The summed E-state index contributed by atoms with van der Waals surface area (Å²) in [6, 6.07) is 7.71. The van der Waals surface area contributed by atoms with Gasteiger partial charge in [-0.3, -0.25) is 4.68 Å². The maximum absolute atomic E-state index is 6.22. The van der Waals surface area contributed by atoms with Crippen LogP contribution in [0.4, 0.5) is 0 Å². The monoisotopic (exact) mass is 236 g/mol. The van der Waals surface area contributed by atoms with E-state index in [2.05, 4.69) is 5.10 Å². The van der Waals surface area contributed by atoms with Crippen LogP contribution in [0.2, 0.25) is 5.02 Å². The average molecular weight is 237 g/mol. The van der Waals surface area contributed by atoms with Gasteiger partial charge in [0, 0.05) is 12.6 Å². The van der Waals surface area contributed by atoms with Crippen molar-refractivity contribution in [2.75, 3.05) is 7.11 Å². The van der Waals surface area contributed by atoms with Gasteiger partial charge in [-0.15, -0.1) is 0 Å². The summed E-state index contributed by atoms with van der Waals surface area (Å²) in [5, 5.41) is 5.08. The molecule has 0 saturated carbocycles. The molecule has 16 heavy (non-hydrogen) atoms. The molecule has 84 valence electrons. The van der Waals surface area contributed by atoms with E-state index in [1.165, 1.54) is 0 Å². The van der Waals surface area contributed by atoms with Crippen molar-refractivity contribution in [3.63, 3.8) is 0 Å². The number of hydrogen-bond donors (Lipinski definition) is 0. The van der Waals surface area contributed by atoms with Crippen LogP contribution in [0.5, 0.6) is 5.75 Å². The van der Waals surface area contributed by atoms with Crippen molar-refractivity contribution in [1.82, 2.24) is 9.78 Å². The number of aromatic nitrogens is 2. The van der Waals surface area contributed by atoms with Crippen molar-refractivity contribution >= 4 is 11.6 Å². The molecule has 1 aromatic carbocycles. The van der Waals surface area contributed by atoms with Gasteiger partial charge in [0.2, 0.25) is 0 Å². The van der Waals surface area contributed by atoms with E-state index in [-0.39, 0.29) is 0 Å². The summed E-state index contributed by atoms with van der Waals surface area (Å²) in [6.07, 6.45) is 0. The van der Waals surface area contributed by atoms with Crippen LogP contribution in [0.25, 0.3) is 11.3 Å². The fourth-order valence-corrected chi connectivity index (χ4v) is 1.81. The highest BCUT2D eigenvalue weighted by Gasteiger charge is 2.12. The molecule has 0 aliphatic carbocycles. The summed E-state index contributed by atoms with van der Waals surface area (Å²) in [5.41, 5.74) is 2.72. The van der Waals surface area contributed by atoms with Crippen molar-refractivity contribution in [3.8, 4) is 17.0 Å². The number of ether oxygens (including phenoxy) is 1. The molecule has 2 aromatic rings. The lowest BCUT2D eigenvalue weighted by molar-refractivity contribution is 0.415. The van der Waals surface area contributed by atoms with E-state index in [1.54, 1.807) is 11.8 Å². The summed E-state index contributed by atoms with van der Waals surface area (Å²) in [4.78, 5) is 0. The predicted octanol–water partition coefficient (Wildman–Crippen LogP) is 3.06. The molecular weight excluding hydrogens is 224 g/mol. The Morgan fingerprint density at radius 3 is 2.69 bits per heavy atom. The molecule has 0 amide bonds. The second-order valence-corrected chi connectivity index (χ2v) is 3.98. The Hall–Kier alpha value is -1.48. The van der Waals surface area contributed by atoms with Crippen LogP contribution >= 0.6 is 11.6 Å². The third-order valence-electron chi connectivity index (χ3n) is 2.60. The maximum Gasteiger partial charge on any atom is 0.119 e. The minimum atomic E-state index is 0.691. The number of benzene rings is 1. The summed E-state index contributed by atoms with van der Waals surface area (Å²) >= 11 is 6.22. The zero-order chi connectivity index (χ0) is 11.7. The molecule has 0 atom stereocenters. The molecule has 0 unspecified atom stereocenters. The Balaban J connectivity index is 2.54. The van der Waals surface area contributed by atoms with Crippen LogP contribution in [-0.2, 0) is 7.05 Å². The molecule has 0 aliphatic rings. The first-order valence-corrected chi connectivity index (χ1v) is 5.35. The summed E-state index contributed by atoms with van der Waals surface area (Å²) in [5.74, 6) is 0.803. The normalized spacial score (nSPS) is 10.5. The molecule has 0 aliphatic heterocycles. The first-order chi connectivity index (χ1) is 7.63. The highest BCUT2D eigenvalue weighted by Crippen LogP contribution is 2.30. The highest BCUT2D eigenvalue weighted by atomic mass is 35.5. The Labute approximate surface area is 99.6 Å². The van der Waals surface area contributed by atoms with E-state index in [9.17, 15) is 0 Å². The van der Waals surface area contributed by atoms with Crippen molar-refractivity contribution in [3.05, 3.63) is 35.0 Å². The smallest absolute Gasteiger partial charge is 0.119 e. The van der Waals surface area contributed by atoms with E-state index < -0.39 is 0 Å². The number of methoxy groups -OCH3 is 1. The van der Waals surface area contributed by atoms with Crippen molar-refractivity contribution in [2.45, 2.75) is 6.92 Å². The van der Waals surface area contributed by atoms with Crippen LogP contribution < -0.4 is 4.74 Å². The maximum atomic E-state index is 6.22. The van der Waals surface area contributed by atoms with Gasteiger partial charge < -0.3 is 4.74 Å². The lowest BCUT2D eigenvalue weighted by atomic mass is 10.1. The van der Waals surface area contributed by atoms with Crippen molar-refractivity contribution in [1.29, 1.82) is 0 Å². The molecule has 0 N–H and O–H groups in total. The standard InChI is InChI=1S/C12H13ClN2O/c1-8-11(13)12(14-15(8)2)9-5-4-6-10(7-9)16-3/h4-7H,1-3H3. The van der Waals surface area contributed by atoms with Crippen LogP contribution in [0.1, 0.15) is 5.69 Å². The largest absolute Gasteiger partial charge is 0.497 e. The Kier molecular flexibility index (Phi) is 2.88. The van der Waals surface area contributed by atoms with Gasteiger partial charge in [-0.25, -0.2) is 0 Å². The molecule has 0 radical (unpaired) electrons. The number of halogens is 1. The quantitative estimate of drug-likeness (QED) is 0.801. The van der Waals surface area contributed by atoms with Crippen molar-refractivity contribution < 1.29 is 4.74 Å². The Morgan fingerprint density at radius 1 is 1.38 bits per heavy atom. The van der Waals surface area contributed by atoms with Gasteiger partial charge in [0.05, 0.1) is 17.8 Å². The lowest BCUT2D eigenvalue weighted by Gasteiger charge is -2.02. The van der Waals surface area contributed by atoms with Crippen molar-refractivity contribution in [2.24, 2.45) is 7.05 Å². The van der Waals surface area contributed by atoms with E-state index in [0.29, 0.717) is 5.02 Å². The Bertz CT molecular complexity index is 520.